The molecular formula is C12H20N4. The number of rotatable bonds is 3. The second-order valence-electron chi connectivity index (χ2n) is 4.29. The fourth-order valence-electron chi connectivity index (χ4n) is 2.37. The minimum atomic E-state index is 0.415. The van der Waals surface area contributed by atoms with E-state index in [1.165, 1.54) is 25.7 Å². The molecule has 1 atom stereocenters. The van der Waals surface area contributed by atoms with Crippen LogP contribution in [0, 0.1) is 0 Å². The maximum Gasteiger partial charge on any atom is 0.144 e. The maximum absolute atomic E-state index is 5.57. The molecular weight excluding hydrogens is 200 g/mol. The summed E-state index contributed by atoms with van der Waals surface area (Å²) in [4.78, 5) is 11.1. The summed E-state index contributed by atoms with van der Waals surface area (Å²) in [5, 5.41) is 0. The molecule has 4 nitrogen and oxygen atoms in total. The van der Waals surface area contributed by atoms with Crippen molar-refractivity contribution in [1.82, 2.24) is 9.97 Å². The summed E-state index contributed by atoms with van der Waals surface area (Å²) in [6.07, 6.45) is 6.87. The van der Waals surface area contributed by atoms with Crippen LogP contribution in [-0.4, -0.2) is 22.6 Å². The van der Waals surface area contributed by atoms with Gasteiger partial charge < -0.3 is 10.6 Å². The van der Waals surface area contributed by atoms with E-state index in [1.54, 1.807) is 0 Å². The molecule has 1 unspecified atom stereocenters. The lowest BCUT2D eigenvalue weighted by molar-refractivity contribution is 0.446. The topological polar surface area (TPSA) is 55.0 Å². The van der Waals surface area contributed by atoms with Crippen LogP contribution >= 0.6 is 0 Å². The van der Waals surface area contributed by atoms with Gasteiger partial charge in [0.25, 0.3) is 0 Å². The lowest BCUT2D eigenvalue weighted by atomic mass is 10.0. The summed E-state index contributed by atoms with van der Waals surface area (Å²) in [7, 11) is 0. The minimum absolute atomic E-state index is 0.415. The monoisotopic (exact) mass is 220 g/mol. The summed E-state index contributed by atoms with van der Waals surface area (Å²) < 4.78 is 0. The molecule has 0 aliphatic carbocycles. The van der Waals surface area contributed by atoms with Gasteiger partial charge in [-0.05, 0) is 31.7 Å². The first kappa shape index (κ1) is 11.3. The van der Waals surface area contributed by atoms with Crippen LogP contribution in [0.25, 0.3) is 0 Å². The standard InChI is InChI=1S/C12H20N4/c1-2-10-5-3-4-8-16(10)12-6-7-14-11(9-13)15-12/h6-7,10H,2-5,8-9,13H2,1H3. The molecule has 1 aliphatic heterocycles. The Bertz CT molecular complexity index is 340. The Morgan fingerprint density at radius 1 is 1.50 bits per heavy atom. The van der Waals surface area contributed by atoms with E-state index >= 15 is 0 Å². The first-order valence-corrected chi connectivity index (χ1v) is 6.13. The van der Waals surface area contributed by atoms with Gasteiger partial charge in [-0.25, -0.2) is 9.97 Å². The molecule has 1 saturated heterocycles. The van der Waals surface area contributed by atoms with Crippen molar-refractivity contribution in [3.63, 3.8) is 0 Å². The third kappa shape index (κ3) is 2.32. The van der Waals surface area contributed by atoms with Crippen LogP contribution in [0.2, 0.25) is 0 Å². The smallest absolute Gasteiger partial charge is 0.144 e. The van der Waals surface area contributed by atoms with Crippen molar-refractivity contribution in [3.05, 3.63) is 18.1 Å². The Balaban J connectivity index is 2.20. The lowest BCUT2D eigenvalue weighted by Gasteiger charge is -2.36. The van der Waals surface area contributed by atoms with Crippen molar-refractivity contribution in [2.45, 2.75) is 45.2 Å². The van der Waals surface area contributed by atoms with E-state index in [0.29, 0.717) is 12.6 Å². The highest BCUT2D eigenvalue weighted by atomic mass is 15.2. The molecule has 4 heteroatoms. The van der Waals surface area contributed by atoms with Crippen LogP contribution in [0.1, 0.15) is 38.4 Å². The van der Waals surface area contributed by atoms with Gasteiger partial charge in [-0.3, -0.25) is 0 Å². The fourth-order valence-corrected chi connectivity index (χ4v) is 2.37. The van der Waals surface area contributed by atoms with Crippen molar-refractivity contribution in [3.8, 4) is 0 Å². The molecule has 2 N–H and O–H groups in total. The van der Waals surface area contributed by atoms with Gasteiger partial charge in [0.15, 0.2) is 0 Å². The average molecular weight is 220 g/mol. The van der Waals surface area contributed by atoms with E-state index in [1.807, 2.05) is 12.3 Å². The third-order valence-electron chi connectivity index (χ3n) is 3.27. The van der Waals surface area contributed by atoms with Gasteiger partial charge in [0, 0.05) is 18.8 Å². The van der Waals surface area contributed by atoms with Crippen molar-refractivity contribution in [2.24, 2.45) is 5.73 Å². The molecule has 0 bridgehead atoms. The van der Waals surface area contributed by atoms with E-state index < -0.39 is 0 Å². The molecule has 88 valence electrons. The van der Waals surface area contributed by atoms with Crippen LogP contribution in [0.3, 0.4) is 0 Å². The summed E-state index contributed by atoms with van der Waals surface area (Å²) in [5.41, 5.74) is 5.57. The first-order chi connectivity index (χ1) is 7.85. The molecule has 1 fully saturated rings. The van der Waals surface area contributed by atoms with E-state index in [4.69, 9.17) is 5.73 Å². The Hall–Kier alpha value is -1.16. The number of nitrogens with two attached hydrogens (primary N) is 1. The van der Waals surface area contributed by atoms with Crippen molar-refractivity contribution < 1.29 is 0 Å². The zero-order valence-electron chi connectivity index (χ0n) is 9.89. The lowest BCUT2D eigenvalue weighted by Crippen LogP contribution is -2.39. The van der Waals surface area contributed by atoms with Gasteiger partial charge >= 0.3 is 0 Å². The number of anilines is 1. The number of nitrogens with zero attached hydrogens (tertiary/aromatic N) is 3. The van der Waals surface area contributed by atoms with Crippen molar-refractivity contribution in [2.75, 3.05) is 11.4 Å². The number of aromatic nitrogens is 2. The van der Waals surface area contributed by atoms with Crippen molar-refractivity contribution in [1.29, 1.82) is 0 Å². The Labute approximate surface area is 96.9 Å². The van der Waals surface area contributed by atoms with Gasteiger partial charge in [-0.2, -0.15) is 0 Å². The Morgan fingerprint density at radius 2 is 2.38 bits per heavy atom. The summed E-state index contributed by atoms with van der Waals surface area (Å²) in [6.45, 7) is 3.77. The van der Waals surface area contributed by atoms with Gasteiger partial charge in [0.05, 0.1) is 6.54 Å². The Morgan fingerprint density at radius 3 is 3.12 bits per heavy atom. The largest absolute Gasteiger partial charge is 0.354 e. The van der Waals surface area contributed by atoms with Gasteiger partial charge in [0.2, 0.25) is 0 Å². The van der Waals surface area contributed by atoms with Crippen LogP contribution in [0.15, 0.2) is 12.3 Å². The molecule has 1 aromatic heterocycles. The summed E-state index contributed by atoms with van der Waals surface area (Å²) >= 11 is 0. The highest BCUT2D eigenvalue weighted by molar-refractivity contribution is 5.39. The van der Waals surface area contributed by atoms with E-state index in [-0.39, 0.29) is 0 Å². The zero-order chi connectivity index (χ0) is 11.4. The molecule has 16 heavy (non-hydrogen) atoms. The fraction of sp³-hybridized carbons (Fsp3) is 0.667. The third-order valence-corrected chi connectivity index (χ3v) is 3.27. The first-order valence-electron chi connectivity index (χ1n) is 6.13. The SMILES string of the molecule is CCC1CCCCN1c1ccnc(CN)n1. The quantitative estimate of drug-likeness (QED) is 0.842. The second kappa shape index (κ2) is 5.25. The summed E-state index contributed by atoms with van der Waals surface area (Å²) in [5.74, 6) is 1.78. The molecule has 2 heterocycles. The number of hydrogen-bond acceptors (Lipinski definition) is 4. The minimum Gasteiger partial charge on any atom is -0.354 e. The molecule has 2 rings (SSSR count). The molecule has 1 aromatic rings. The van der Waals surface area contributed by atoms with E-state index in [2.05, 4.69) is 21.8 Å². The van der Waals surface area contributed by atoms with E-state index in [0.717, 1.165) is 18.2 Å². The molecule has 0 saturated carbocycles. The molecule has 0 radical (unpaired) electrons. The predicted molar refractivity (Wildman–Crippen MR) is 65.2 cm³/mol. The highest BCUT2D eigenvalue weighted by Gasteiger charge is 2.21. The molecule has 0 amide bonds. The van der Waals surface area contributed by atoms with Crippen molar-refractivity contribution >= 4 is 5.82 Å². The number of piperidine rings is 1. The second-order valence-corrected chi connectivity index (χ2v) is 4.29. The zero-order valence-corrected chi connectivity index (χ0v) is 9.89. The maximum atomic E-state index is 5.57. The average Bonchev–Trinajstić information content (AvgIpc) is 2.38. The summed E-state index contributed by atoms with van der Waals surface area (Å²) in [6, 6.07) is 2.63. The highest BCUT2D eigenvalue weighted by Crippen LogP contribution is 2.24. The molecule has 0 spiro atoms. The van der Waals surface area contributed by atoms with Gasteiger partial charge in [-0.15, -0.1) is 0 Å². The predicted octanol–water partition coefficient (Wildman–Crippen LogP) is 1.70. The van der Waals surface area contributed by atoms with Crippen LogP contribution < -0.4 is 10.6 Å². The van der Waals surface area contributed by atoms with Gasteiger partial charge in [0.1, 0.15) is 11.6 Å². The Kier molecular flexibility index (Phi) is 3.72. The van der Waals surface area contributed by atoms with Crippen LogP contribution in [0.4, 0.5) is 5.82 Å². The molecule has 1 aliphatic rings. The normalized spacial score (nSPS) is 21.1. The number of hydrogen-bond donors (Lipinski definition) is 1. The van der Waals surface area contributed by atoms with Gasteiger partial charge in [-0.1, -0.05) is 6.92 Å². The molecule has 0 aromatic carbocycles. The van der Waals surface area contributed by atoms with Crippen LogP contribution in [0.5, 0.6) is 0 Å². The van der Waals surface area contributed by atoms with Crippen LogP contribution in [-0.2, 0) is 6.54 Å². The van der Waals surface area contributed by atoms with E-state index in [9.17, 15) is 0 Å².